The van der Waals surface area contributed by atoms with E-state index in [2.05, 4.69) is 10.2 Å². The number of aryl methyl sites for hydroxylation is 1. The number of hydrogen-bond acceptors (Lipinski definition) is 4. The number of aromatic nitrogens is 2. The topological polar surface area (TPSA) is 86.4 Å². The monoisotopic (exact) mass is 444 g/mol. The van der Waals surface area contributed by atoms with Crippen LogP contribution in [0.4, 0.5) is 0 Å². The van der Waals surface area contributed by atoms with Crippen LogP contribution in [-0.2, 0) is 10.0 Å². The zero-order chi connectivity index (χ0) is 21.3. The molecule has 0 atom stereocenters. The molecule has 1 saturated heterocycles. The van der Waals surface area contributed by atoms with Gasteiger partial charge in [0.15, 0.2) is 0 Å². The second-order valence-corrected chi connectivity index (χ2v) is 9.56. The first-order valence-corrected chi connectivity index (χ1v) is 11.3. The number of sulfonamides is 1. The van der Waals surface area contributed by atoms with E-state index >= 15 is 0 Å². The molecule has 1 aliphatic heterocycles. The summed E-state index contributed by atoms with van der Waals surface area (Å²) < 4.78 is 27.1. The number of piperazine rings is 1. The van der Waals surface area contributed by atoms with Crippen molar-refractivity contribution in [2.24, 2.45) is 0 Å². The standard InChI is InChI=1S/C21H21ClN4O3S/c1-15-5-7-18(8-6-15)30(28,29)26-11-9-25(10-12-26)21(27)20-14-19(23-24-20)16-3-2-4-17(22)13-16/h2-8,13-14H,9-12H2,1H3,(H,23,24). The Morgan fingerprint density at radius 1 is 1.03 bits per heavy atom. The van der Waals surface area contributed by atoms with Crippen molar-refractivity contribution in [3.63, 3.8) is 0 Å². The van der Waals surface area contributed by atoms with Crippen LogP contribution in [0, 0.1) is 6.92 Å². The minimum absolute atomic E-state index is 0.205. The first-order valence-electron chi connectivity index (χ1n) is 9.52. The summed E-state index contributed by atoms with van der Waals surface area (Å²) in [5, 5.41) is 7.58. The van der Waals surface area contributed by atoms with E-state index < -0.39 is 10.0 Å². The molecule has 0 bridgehead atoms. The summed E-state index contributed by atoms with van der Waals surface area (Å²) in [6, 6.07) is 15.7. The zero-order valence-electron chi connectivity index (χ0n) is 16.4. The van der Waals surface area contributed by atoms with E-state index in [9.17, 15) is 13.2 Å². The summed E-state index contributed by atoms with van der Waals surface area (Å²) in [6.45, 7) is 3.04. The molecule has 2 aromatic carbocycles. The van der Waals surface area contributed by atoms with Crippen molar-refractivity contribution in [3.8, 4) is 11.3 Å². The second-order valence-electron chi connectivity index (χ2n) is 7.19. The lowest BCUT2D eigenvalue weighted by molar-refractivity contribution is 0.0692. The largest absolute Gasteiger partial charge is 0.335 e. The lowest BCUT2D eigenvalue weighted by atomic mass is 10.1. The van der Waals surface area contributed by atoms with Gasteiger partial charge in [-0.05, 0) is 37.3 Å². The van der Waals surface area contributed by atoms with Crippen LogP contribution in [-0.4, -0.2) is 59.9 Å². The van der Waals surface area contributed by atoms with Gasteiger partial charge in [-0.25, -0.2) is 8.42 Å². The summed E-state index contributed by atoms with van der Waals surface area (Å²) in [5.74, 6) is -0.205. The number of nitrogens with one attached hydrogen (secondary N) is 1. The minimum Gasteiger partial charge on any atom is -0.335 e. The molecule has 0 saturated carbocycles. The molecule has 4 rings (SSSR count). The number of halogens is 1. The quantitative estimate of drug-likeness (QED) is 0.669. The summed E-state index contributed by atoms with van der Waals surface area (Å²) in [6.07, 6.45) is 0. The molecule has 2 heterocycles. The minimum atomic E-state index is -3.57. The van der Waals surface area contributed by atoms with Crippen LogP contribution >= 0.6 is 11.6 Å². The second kappa shape index (κ2) is 8.22. The molecule has 1 fully saturated rings. The van der Waals surface area contributed by atoms with Gasteiger partial charge in [-0.15, -0.1) is 0 Å². The molecule has 1 aromatic heterocycles. The molecule has 0 radical (unpaired) electrons. The normalized spacial score (nSPS) is 15.3. The van der Waals surface area contributed by atoms with Gasteiger partial charge in [0, 0.05) is 36.8 Å². The van der Waals surface area contributed by atoms with Crippen molar-refractivity contribution in [2.45, 2.75) is 11.8 Å². The van der Waals surface area contributed by atoms with E-state index in [1.165, 1.54) is 4.31 Å². The number of aromatic amines is 1. The van der Waals surface area contributed by atoms with Gasteiger partial charge in [0.25, 0.3) is 5.91 Å². The summed E-state index contributed by atoms with van der Waals surface area (Å²) in [5.41, 5.74) is 2.80. The third kappa shape index (κ3) is 4.12. The highest BCUT2D eigenvalue weighted by molar-refractivity contribution is 7.89. The van der Waals surface area contributed by atoms with Crippen LogP contribution in [0.3, 0.4) is 0 Å². The highest BCUT2D eigenvalue weighted by Gasteiger charge is 2.31. The average molecular weight is 445 g/mol. The summed E-state index contributed by atoms with van der Waals surface area (Å²) in [4.78, 5) is 14.7. The van der Waals surface area contributed by atoms with Gasteiger partial charge >= 0.3 is 0 Å². The molecular formula is C21H21ClN4O3S. The number of carbonyl (C=O) groups excluding carboxylic acids is 1. The van der Waals surface area contributed by atoms with Gasteiger partial charge in [0.1, 0.15) is 5.69 Å². The molecule has 0 unspecified atom stereocenters. The summed E-state index contributed by atoms with van der Waals surface area (Å²) in [7, 11) is -3.57. The molecule has 1 N–H and O–H groups in total. The molecule has 3 aromatic rings. The molecule has 1 aliphatic rings. The zero-order valence-corrected chi connectivity index (χ0v) is 17.9. The number of amides is 1. The van der Waals surface area contributed by atoms with Crippen LogP contribution in [0.1, 0.15) is 16.1 Å². The Balaban J connectivity index is 1.43. The van der Waals surface area contributed by atoms with Gasteiger partial charge in [-0.2, -0.15) is 9.40 Å². The number of carbonyl (C=O) groups is 1. The maximum Gasteiger partial charge on any atom is 0.271 e. The number of rotatable bonds is 4. The van der Waals surface area contributed by atoms with E-state index in [1.807, 2.05) is 19.1 Å². The lowest BCUT2D eigenvalue weighted by Crippen LogP contribution is -2.50. The van der Waals surface area contributed by atoms with Gasteiger partial charge < -0.3 is 4.90 Å². The molecule has 0 aliphatic carbocycles. The first kappa shape index (κ1) is 20.6. The Morgan fingerprint density at radius 3 is 2.40 bits per heavy atom. The maximum atomic E-state index is 12.8. The van der Waals surface area contributed by atoms with Crippen LogP contribution < -0.4 is 0 Å². The number of nitrogens with zero attached hydrogens (tertiary/aromatic N) is 3. The fourth-order valence-electron chi connectivity index (χ4n) is 3.39. The van der Waals surface area contributed by atoms with Gasteiger partial charge in [-0.3, -0.25) is 9.89 Å². The van der Waals surface area contributed by atoms with Crippen LogP contribution in [0.15, 0.2) is 59.5 Å². The average Bonchev–Trinajstić information content (AvgIpc) is 3.24. The van der Waals surface area contributed by atoms with Crippen molar-refractivity contribution in [1.82, 2.24) is 19.4 Å². The Hall–Kier alpha value is -2.68. The fourth-order valence-corrected chi connectivity index (χ4v) is 5.00. The highest BCUT2D eigenvalue weighted by atomic mass is 35.5. The Morgan fingerprint density at radius 2 is 1.73 bits per heavy atom. The molecule has 30 heavy (non-hydrogen) atoms. The van der Waals surface area contributed by atoms with Crippen molar-refractivity contribution in [3.05, 3.63) is 70.9 Å². The predicted octanol–water partition coefficient (Wildman–Crippen LogP) is 3.19. The summed E-state index contributed by atoms with van der Waals surface area (Å²) >= 11 is 6.02. The molecule has 156 valence electrons. The third-order valence-electron chi connectivity index (χ3n) is 5.11. The first-order chi connectivity index (χ1) is 14.3. The SMILES string of the molecule is Cc1ccc(S(=O)(=O)N2CCN(C(=O)c3cc(-c4cccc(Cl)c4)n[nH]3)CC2)cc1. The van der Waals surface area contributed by atoms with E-state index in [4.69, 9.17) is 11.6 Å². The lowest BCUT2D eigenvalue weighted by Gasteiger charge is -2.33. The highest BCUT2D eigenvalue weighted by Crippen LogP contribution is 2.23. The Kier molecular flexibility index (Phi) is 5.64. The Labute approximate surface area is 180 Å². The molecular weight excluding hydrogens is 424 g/mol. The van der Waals surface area contributed by atoms with Crippen LogP contribution in [0.25, 0.3) is 11.3 Å². The number of benzene rings is 2. The van der Waals surface area contributed by atoms with Crippen molar-refractivity contribution in [1.29, 1.82) is 0 Å². The van der Waals surface area contributed by atoms with E-state index in [0.717, 1.165) is 11.1 Å². The van der Waals surface area contributed by atoms with E-state index in [-0.39, 0.29) is 23.9 Å². The fraction of sp³-hybridized carbons (Fsp3) is 0.238. The number of hydrogen-bond donors (Lipinski definition) is 1. The maximum absolute atomic E-state index is 12.8. The van der Waals surface area contributed by atoms with E-state index in [1.54, 1.807) is 47.4 Å². The predicted molar refractivity (Wildman–Crippen MR) is 115 cm³/mol. The molecule has 0 spiro atoms. The van der Waals surface area contributed by atoms with Crippen LogP contribution in [0.2, 0.25) is 5.02 Å². The Bertz CT molecular complexity index is 1170. The van der Waals surface area contributed by atoms with Crippen molar-refractivity contribution >= 4 is 27.5 Å². The van der Waals surface area contributed by atoms with Gasteiger partial charge in [0.05, 0.1) is 10.6 Å². The number of H-pyrrole nitrogens is 1. The van der Waals surface area contributed by atoms with E-state index in [0.29, 0.717) is 29.5 Å². The molecule has 9 heteroatoms. The smallest absolute Gasteiger partial charge is 0.271 e. The van der Waals surface area contributed by atoms with Gasteiger partial charge in [0.2, 0.25) is 10.0 Å². The van der Waals surface area contributed by atoms with Crippen molar-refractivity contribution in [2.75, 3.05) is 26.2 Å². The molecule has 1 amide bonds. The third-order valence-corrected chi connectivity index (χ3v) is 7.26. The van der Waals surface area contributed by atoms with Crippen LogP contribution in [0.5, 0.6) is 0 Å². The van der Waals surface area contributed by atoms with Gasteiger partial charge in [-0.1, -0.05) is 41.4 Å². The van der Waals surface area contributed by atoms with Crippen molar-refractivity contribution < 1.29 is 13.2 Å². The molecule has 7 nitrogen and oxygen atoms in total.